The van der Waals surface area contributed by atoms with Gasteiger partial charge < -0.3 is 5.73 Å². The molecule has 2 nitrogen and oxygen atoms in total. The Morgan fingerprint density at radius 2 is 1.93 bits per heavy atom. The van der Waals surface area contributed by atoms with Crippen molar-refractivity contribution in [2.75, 3.05) is 5.73 Å². The highest BCUT2D eigenvalue weighted by molar-refractivity contribution is 5.38. The van der Waals surface area contributed by atoms with E-state index in [0.717, 1.165) is 11.6 Å². The van der Waals surface area contributed by atoms with Gasteiger partial charge in [0.1, 0.15) is 0 Å². The molecule has 0 unspecified atom stereocenters. The predicted octanol–water partition coefficient (Wildman–Crippen LogP) is 2.96. The lowest BCUT2D eigenvalue weighted by Gasteiger charge is -2.26. The first-order valence-electron chi connectivity index (χ1n) is 5.46. The zero-order valence-corrected chi connectivity index (χ0v) is 8.74. The molecule has 1 saturated carbocycles. The smallest absolute Gasteiger partial charge is 0.0503 e. The monoisotopic (exact) mass is 190 g/mol. The van der Waals surface area contributed by atoms with E-state index in [0.29, 0.717) is 5.92 Å². The molecule has 1 heterocycles. The molecule has 2 rings (SSSR count). The van der Waals surface area contributed by atoms with Gasteiger partial charge in [-0.05, 0) is 36.3 Å². The molecule has 0 atom stereocenters. The first kappa shape index (κ1) is 9.50. The standard InChI is InChI=1S/C12H18N2/c1-9-2-4-10(5-3-9)11-6-12(13)8-14-7-11/h6-10H,2-5,13H2,1H3. The van der Waals surface area contributed by atoms with E-state index in [1.54, 1.807) is 6.20 Å². The van der Waals surface area contributed by atoms with Gasteiger partial charge in [0, 0.05) is 12.4 Å². The second-order valence-electron chi connectivity index (χ2n) is 4.51. The average molecular weight is 190 g/mol. The normalized spacial score (nSPS) is 27.5. The van der Waals surface area contributed by atoms with Crippen LogP contribution >= 0.6 is 0 Å². The van der Waals surface area contributed by atoms with Crippen molar-refractivity contribution >= 4 is 5.69 Å². The van der Waals surface area contributed by atoms with Crippen LogP contribution < -0.4 is 5.73 Å². The molecule has 0 saturated heterocycles. The van der Waals surface area contributed by atoms with Gasteiger partial charge >= 0.3 is 0 Å². The minimum atomic E-state index is 0.696. The Balaban J connectivity index is 2.08. The summed E-state index contributed by atoms with van der Waals surface area (Å²) in [5, 5.41) is 0. The maximum Gasteiger partial charge on any atom is 0.0503 e. The number of rotatable bonds is 1. The van der Waals surface area contributed by atoms with Crippen molar-refractivity contribution in [1.82, 2.24) is 4.98 Å². The topological polar surface area (TPSA) is 38.9 Å². The number of nitrogen functional groups attached to an aromatic ring is 1. The molecular weight excluding hydrogens is 172 g/mol. The second kappa shape index (κ2) is 3.99. The highest BCUT2D eigenvalue weighted by atomic mass is 14.7. The van der Waals surface area contributed by atoms with E-state index in [2.05, 4.69) is 18.0 Å². The predicted molar refractivity (Wildman–Crippen MR) is 59.0 cm³/mol. The molecule has 0 amide bonds. The van der Waals surface area contributed by atoms with Gasteiger partial charge in [0.25, 0.3) is 0 Å². The van der Waals surface area contributed by atoms with Gasteiger partial charge in [0.2, 0.25) is 0 Å². The molecule has 1 aromatic rings. The largest absolute Gasteiger partial charge is 0.397 e. The van der Waals surface area contributed by atoms with E-state index in [1.807, 2.05) is 6.20 Å². The van der Waals surface area contributed by atoms with E-state index >= 15 is 0 Å². The average Bonchev–Trinajstić information content (AvgIpc) is 2.19. The van der Waals surface area contributed by atoms with Crippen molar-refractivity contribution in [2.24, 2.45) is 5.92 Å². The van der Waals surface area contributed by atoms with E-state index < -0.39 is 0 Å². The summed E-state index contributed by atoms with van der Waals surface area (Å²) in [6, 6.07) is 2.08. The maximum atomic E-state index is 5.73. The molecule has 1 fully saturated rings. The van der Waals surface area contributed by atoms with Crippen LogP contribution in [0.1, 0.15) is 44.1 Å². The molecule has 0 aromatic carbocycles. The Morgan fingerprint density at radius 3 is 2.57 bits per heavy atom. The van der Waals surface area contributed by atoms with Gasteiger partial charge in [0.15, 0.2) is 0 Å². The highest BCUT2D eigenvalue weighted by Crippen LogP contribution is 2.35. The van der Waals surface area contributed by atoms with E-state index in [-0.39, 0.29) is 0 Å². The summed E-state index contributed by atoms with van der Waals surface area (Å²) >= 11 is 0. The lowest BCUT2D eigenvalue weighted by Crippen LogP contribution is -2.11. The van der Waals surface area contributed by atoms with E-state index in [9.17, 15) is 0 Å². The Kier molecular flexibility index (Phi) is 2.71. The number of nitrogens with two attached hydrogens (primary N) is 1. The van der Waals surface area contributed by atoms with Gasteiger partial charge in [0.05, 0.1) is 5.69 Å². The third-order valence-electron chi connectivity index (χ3n) is 3.27. The first-order valence-corrected chi connectivity index (χ1v) is 5.46. The molecule has 14 heavy (non-hydrogen) atoms. The summed E-state index contributed by atoms with van der Waals surface area (Å²) in [4.78, 5) is 4.15. The second-order valence-corrected chi connectivity index (χ2v) is 4.51. The lowest BCUT2D eigenvalue weighted by atomic mass is 9.80. The van der Waals surface area contributed by atoms with Crippen molar-refractivity contribution in [3.8, 4) is 0 Å². The van der Waals surface area contributed by atoms with E-state index in [1.165, 1.54) is 31.2 Å². The van der Waals surface area contributed by atoms with Gasteiger partial charge in [-0.25, -0.2) is 0 Å². The van der Waals surface area contributed by atoms with E-state index in [4.69, 9.17) is 5.73 Å². The number of aromatic nitrogens is 1. The van der Waals surface area contributed by atoms with Crippen molar-refractivity contribution in [2.45, 2.75) is 38.5 Å². The summed E-state index contributed by atoms with van der Waals surface area (Å²) in [6.45, 7) is 2.34. The number of hydrogen-bond acceptors (Lipinski definition) is 2. The molecule has 2 heteroatoms. The molecule has 76 valence electrons. The molecule has 0 spiro atoms. The van der Waals surface area contributed by atoms with Crippen LogP contribution in [0.2, 0.25) is 0 Å². The first-order chi connectivity index (χ1) is 6.75. The zero-order valence-electron chi connectivity index (χ0n) is 8.74. The quantitative estimate of drug-likeness (QED) is 0.739. The molecule has 0 aliphatic heterocycles. The fourth-order valence-electron chi connectivity index (χ4n) is 2.29. The summed E-state index contributed by atoms with van der Waals surface area (Å²) in [7, 11) is 0. The fourth-order valence-corrected chi connectivity index (χ4v) is 2.29. The molecule has 1 aliphatic carbocycles. The molecular formula is C12H18N2. The van der Waals surface area contributed by atoms with Crippen LogP contribution in [-0.4, -0.2) is 4.98 Å². The minimum absolute atomic E-state index is 0.696. The van der Waals surface area contributed by atoms with Crippen LogP contribution in [0.15, 0.2) is 18.5 Å². The number of hydrogen-bond donors (Lipinski definition) is 1. The van der Waals surface area contributed by atoms with Crippen molar-refractivity contribution in [1.29, 1.82) is 0 Å². The van der Waals surface area contributed by atoms with Crippen molar-refractivity contribution in [3.05, 3.63) is 24.0 Å². The fraction of sp³-hybridized carbons (Fsp3) is 0.583. The molecule has 0 bridgehead atoms. The minimum Gasteiger partial charge on any atom is -0.397 e. The van der Waals surface area contributed by atoms with Crippen LogP contribution in [0.5, 0.6) is 0 Å². The van der Waals surface area contributed by atoms with Gasteiger partial charge in [-0.1, -0.05) is 19.8 Å². The SMILES string of the molecule is CC1CCC(c2cncc(N)c2)CC1. The van der Waals surface area contributed by atoms with Crippen LogP contribution in [0.3, 0.4) is 0 Å². The van der Waals surface area contributed by atoms with Crippen LogP contribution in [0, 0.1) is 5.92 Å². The molecule has 0 radical (unpaired) electrons. The number of pyridine rings is 1. The summed E-state index contributed by atoms with van der Waals surface area (Å²) in [6.07, 6.45) is 8.98. The van der Waals surface area contributed by atoms with Crippen molar-refractivity contribution in [3.63, 3.8) is 0 Å². The Hall–Kier alpha value is -1.05. The molecule has 1 aromatic heterocycles. The third-order valence-corrected chi connectivity index (χ3v) is 3.27. The molecule has 1 aliphatic rings. The third kappa shape index (κ3) is 2.06. The highest BCUT2D eigenvalue weighted by Gasteiger charge is 2.19. The van der Waals surface area contributed by atoms with Crippen molar-refractivity contribution < 1.29 is 0 Å². The van der Waals surface area contributed by atoms with Crippen LogP contribution in [0.25, 0.3) is 0 Å². The van der Waals surface area contributed by atoms with Gasteiger partial charge in [-0.15, -0.1) is 0 Å². The van der Waals surface area contributed by atoms with Gasteiger partial charge in [-0.2, -0.15) is 0 Å². The van der Waals surface area contributed by atoms with Gasteiger partial charge in [-0.3, -0.25) is 4.98 Å². The summed E-state index contributed by atoms with van der Waals surface area (Å²) in [5.41, 5.74) is 7.85. The zero-order chi connectivity index (χ0) is 9.97. The Morgan fingerprint density at radius 1 is 1.21 bits per heavy atom. The number of anilines is 1. The van der Waals surface area contributed by atoms with Crippen LogP contribution in [-0.2, 0) is 0 Å². The summed E-state index contributed by atoms with van der Waals surface area (Å²) < 4.78 is 0. The Labute approximate surface area is 85.5 Å². The lowest BCUT2D eigenvalue weighted by molar-refractivity contribution is 0.347. The Bertz CT molecular complexity index is 301. The molecule has 2 N–H and O–H groups in total. The summed E-state index contributed by atoms with van der Waals surface area (Å²) in [5.74, 6) is 1.60. The maximum absolute atomic E-state index is 5.73. The number of nitrogens with zero attached hydrogens (tertiary/aromatic N) is 1. The van der Waals surface area contributed by atoms with Crippen LogP contribution in [0.4, 0.5) is 5.69 Å².